The summed E-state index contributed by atoms with van der Waals surface area (Å²) in [5.41, 5.74) is 1.74. The molecule has 0 bridgehead atoms. The average molecular weight is 384 g/mol. The Labute approximate surface area is 166 Å². The van der Waals surface area contributed by atoms with Gasteiger partial charge >= 0.3 is 0 Å². The van der Waals surface area contributed by atoms with E-state index in [0.717, 1.165) is 24.4 Å². The SMILES string of the molecule is CCOc1ccc(C(CNC(=O)c2cccc(OC)c2)N2CCOCC2)cc1. The van der Waals surface area contributed by atoms with E-state index in [1.165, 1.54) is 0 Å². The second-order valence-corrected chi connectivity index (χ2v) is 6.61. The topological polar surface area (TPSA) is 60.0 Å². The van der Waals surface area contributed by atoms with E-state index in [0.29, 0.717) is 37.7 Å². The largest absolute Gasteiger partial charge is 0.497 e. The molecule has 1 fully saturated rings. The van der Waals surface area contributed by atoms with E-state index in [2.05, 4.69) is 22.3 Å². The van der Waals surface area contributed by atoms with Crippen LogP contribution in [0.3, 0.4) is 0 Å². The smallest absolute Gasteiger partial charge is 0.251 e. The standard InChI is InChI=1S/C22H28N2O4/c1-3-28-19-9-7-17(8-10-19)21(24-11-13-27-14-12-24)16-23-22(25)18-5-4-6-20(15-18)26-2/h4-10,15,21H,3,11-14,16H2,1-2H3,(H,23,25). The number of amides is 1. The molecule has 1 saturated heterocycles. The molecule has 3 rings (SSSR count). The minimum Gasteiger partial charge on any atom is -0.497 e. The van der Waals surface area contributed by atoms with Crippen molar-refractivity contribution in [3.63, 3.8) is 0 Å². The molecule has 1 N–H and O–H groups in total. The lowest BCUT2D eigenvalue weighted by Crippen LogP contribution is -2.43. The molecule has 28 heavy (non-hydrogen) atoms. The summed E-state index contributed by atoms with van der Waals surface area (Å²) in [5, 5.41) is 3.08. The fourth-order valence-corrected chi connectivity index (χ4v) is 3.36. The Bertz CT molecular complexity index is 757. The van der Waals surface area contributed by atoms with Gasteiger partial charge in [0, 0.05) is 25.2 Å². The van der Waals surface area contributed by atoms with Gasteiger partial charge in [0.15, 0.2) is 0 Å². The summed E-state index contributed by atoms with van der Waals surface area (Å²) in [6.07, 6.45) is 0. The predicted octanol–water partition coefficient (Wildman–Crippen LogP) is 2.90. The van der Waals surface area contributed by atoms with Crippen molar-refractivity contribution in [2.24, 2.45) is 0 Å². The first-order valence-electron chi connectivity index (χ1n) is 9.68. The fourth-order valence-electron chi connectivity index (χ4n) is 3.36. The molecule has 1 aliphatic heterocycles. The Kier molecular flexibility index (Phi) is 7.28. The number of carbonyl (C=O) groups excluding carboxylic acids is 1. The van der Waals surface area contributed by atoms with Crippen molar-refractivity contribution >= 4 is 5.91 Å². The van der Waals surface area contributed by atoms with Gasteiger partial charge in [0.2, 0.25) is 0 Å². The first kappa shape index (κ1) is 20.2. The molecule has 6 heteroatoms. The summed E-state index contributed by atoms with van der Waals surface area (Å²) in [5.74, 6) is 1.42. The van der Waals surface area contributed by atoms with Crippen LogP contribution in [-0.2, 0) is 4.74 Å². The molecule has 1 aliphatic rings. The van der Waals surface area contributed by atoms with Crippen molar-refractivity contribution in [3.05, 3.63) is 59.7 Å². The minimum absolute atomic E-state index is 0.0779. The highest BCUT2D eigenvalue weighted by Gasteiger charge is 2.23. The van der Waals surface area contributed by atoms with E-state index >= 15 is 0 Å². The number of morpholine rings is 1. The summed E-state index contributed by atoms with van der Waals surface area (Å²) < 4.78 is 16.3. The lowest BCUT2D eigenvalue weighted by molar-refractivity contribution is 0.0162. The zero-order valence-corrected chi connectivity index (χ0v) is 16.5. The van der Waals surface area contributed by atoms with Gasteiger partial charge in [-0.05, 0) is 42.8 Å². The van der Waals surface area contributed by atoms with Crippen LogP contribution in [0.5, 0.6) is 11.5 Å². The first-order valence-corrected chi connectivity index (χ1v) is 9.68. The zero-order chi connectivity index (χ0) is 19.8. The molecule has 1 atom stereocenters. The van der Waals surface area contributed by atoms with E-state index in [1.807, 2.05) is 31.2 Å². The summed E-state index contributed by atoms with van der Waals surface area (Å²) >= 11 is 0. The third kappa shape index (κ3) is 5.24. The second kappa shape index (κ2) is 10.1. The van der Waals surface area contributed by atoms with Crippen molar-refractivity contribution in [2.75, 3.05) is 46.6 Å². The van der Waals surface area contributed by atoms with E-state index in [-0.39, 0.29) is 11.9 Å². The van der Waals surface area contributed by atoms with Crippen LogP contribution in [0.25, 0.3) is 0 Å². The van der Waals surface area contributed by atoms with Gasteiger partial charge in [0.1, 0.15) is 11.5 Å². The molecule has 0 aromatic heterocycles. The van der Waals surface area contributed by atoms with Crippen LogP contribution >= 0.6 is 0 Å². The number of hydrogen-bond donors (Lipinski definition) is 1. The highest BCUT2D eigenvalue weighted by molar-refractivity contribution is 5.94. The number of rotatable bonds is 8. The van der Waals surface area contributed by atoms with Gasteiger partial charge in [-0.25, -0.2) is 0 Å². The average Bonchev–Trinajstić information content (AvgIpc) is 2.76. The van der Waals surface area contributed by atoms with Crippen LogP contribution < -0.4 is 14.8 Å². The van der Waals surface area contributed by atoms with Gasteiger partial charge < -0.3 is 19.5 Å². The molecule has 1 heterocycles. The lowest BCUT2D eigenvalue weighted by Gasteiger charge is -2.35. The van der Waals surface area contributed by atoms with Crippen LogP contribution in [0, 0.1) is 0 Å². The number of methoxy groups -OCH3 is 1. The molecule has 2 aromatic rings. The molecular weight excluding hydrogens is 356 g/mol. The van der Waals surface area contributed by atoms with Crippen molar-refractivity contribution in [1.82, 2.24) is 10.2 Å². The summed E-state index contributed by atoms with van der Waals surface area (Å²) in [6, 6.07) is 15.4. The number of benzene rings is 2. The zero-order valence-electron chi connectivity index (χ0n) is 16.5. The number of hydrogen-bond acceptors (Lipinski definition) is 5. The van der Waals surface area contributed by atoms with Gasteiger partial charge in [-0.15, -0.1) is 0 Å². The van der Waals surface area contributed by atoms with Crippen molar-refractivity contribution in [3.8, 4) is 11.5 Å². The van der Waals surface area contributed by atoms with Crippen LogP contribution in [0.15, 0.2) is 48.5 Å². The molecule has 0 radical (unpaired) electrons. The molecule has 0 aliphatic carbocycles. The Balaban J connectivity index is 1.72. The van der Waals surface area contributed by atoms with Crippen LogP contribution in [0.1, 0.15) is 28.9 Å². The Morgan fingerprint density at radius 1 is 1.14 bits per heavy atom. The van der Waals surface area contributed by atoms with Gasteiger partial charge in [-0.3, -0.25) is 9.69 Å². The molecule has 1 unspecified atom stereocenters. The molecule has 1 amide bonds. The highest BCUT2D eigenvalue weighted by Crippen LogP contribution is 2.24. The molecular formula is C22H28N2O4. The fraction of sp³-hybridized carbons (Fsp3) is 0.409. The molecule has 2 aromatic carbocycles. The van der Waals surface area contributed by atoms with E-state index in [4.69, 9.17) is 14.2 Å². The third-order valence-corrected chi connectivity index (χ3v) is 4.85. The molecule has 0 saturated carbocycles. The van der Waals surface area contributed by atoms with Crippen LogP contribution in [-0.4, -0.2) is 57.4 Å². The quantitative estimate of drug-likeness (QED) is 0.758. The molecule has 6 nitrogen and oxygen atoms in total. The van der Waals surface area contributed by atoms with Gasteiger partial charge in [-0.1, -0.05) is 18.2 Å². The minimum atomic E-state index is -0.108. The maximum absolute atomic E-state index is 12.6. The molecule has 150 valence electrons. The first-order chi connectivity index (χ1) is 13.7. The maximum atomic E-state index is 12.6. The lowest BCUT2D eigenvalue weighted by atomic mass is 10.0. The monoisotopic (exact) mass is 384 g/mol. The normalized spacial score (nSPS) is 15.6. The number of ether oxygens (including phenoxy) is 3. The number of nitrogens with one attached hydrogen (secondary N) is 1. The van der Waals surface area contributed by atoms with E-state index in [1.54, 1.807) is 19.2 Å². The van der Waals surface area contributed by atoms with E-state index in [9.17, 15) is 4.79 Å². The third-order valence-electron chi connectivity index (χ3n) is 4.85. The van der Waals surface area contributed by atoms with Gasteiger partial charge in [0.05, 0.1) is 33.0 Å². The summed E-state index contributed by atoms with van der Waals surface area (Å²) in [6.45, 7) is 6.22. The molecule has 0 spiro atoms. The van der Waals surface area contributed by atoms with Crippen molar-refractivity contribution in [1.29, 1.82) is 0 Å². The van der Waals surface area contributed by atoms with Crippen LogP contribution in [0.4, 0.5) is 0 Å². The Morgan fingerprint density at radius 2 is 1.89 bits per heavy atom. The van der Waals surface area contributed by atoms with Gasteiger partial charge in [0.25, 0.3) is 5.91 Å². The second-order valence-electron chi connectivity index (χ2n) is 6.61. The summed E-state index contributed by atoms with van der Waals surface area (Å²) in [4.78, 5) is 15.0. The van der Waals surface area contributed by atoms with Crippen LogP contribution in [0.2, 0.25) is 0 Å². The Hall–Kier alpha value is -2.57. The maximum Gasteiger partial charge on any atom is 0.251 e. The van der Waals surface area contributed by atoms with Gasteiger partial charge in [-0.2, -0.15) is 0 Å². The predicted molar refractivity (Wildman–Crippen MR) is 108 cm³/mol. The number of nitrogens with zero attached hydrogens (tertiary/aromatic N) is 1. The Morgan fingerprint density at radius 3 is 2.57 bits per heavy atom. The highest BCUT2D eigenvalue weighted by atomic mass is 16.5. The van der Waals surface area contributed by atoms with E-state index < -0.39 is 0 Å². The number of carbonyl (C=O) groups is 1. The van der Waals surface area contributed by atoms with Crippen molar-refractivity contribution < 1.29 is 19.0 Å². The van der Waals surface area contributed by atoms with Crippen molar-refractivity contribution in [2.45, 2.75) is 13.0 Å². The summed E-state index contributed by atoms with van der Waals surface area (Å²) in [7, 11) is 1.59.